The van der Waals surface area contributed by atoms with Gasteiger partial charge >= 0.3 is 0 Å². The number of hydrogen-bond donors (Lipinski definition) is 2. The minimum Gasteiger partial charge on any atom is -0.508 e. The number of benzene rings is 1. The first kappa shape index (κ1) is 19.4. The molecule has 0 saturated heterocycles. The molecule has 0 bridgehead atoms. The summed E-state index contributed by atoms with van der Waals surface area (Å²) in [5, 5.41) is 21.3. The van der Waals surface area contributed by atoms with E-state index in [1.54, 1.807) is 0 Å². The van der Waals surface area contributed by atoms with E-state index in [-0.39, 0.29) is 45.6 Å². The van der Waals surface area contributed by atoms with Crippen molar-refractivity contribution in [2.45, 2.75) is 71.5 Å². The number of phenolic OH excluding ortho intramolecular Hbond substituents is 1. The first-order valence-corrected chi connectivity index (χ1v) is 10.3. The minimum atomic E-state index is -0.563. The van der Waals surface area contributed by atoms with Gasteiger partial charge in [0.15, 0.2) is 12.6 Å². The van der Waals surface area contributed by atoms with Crippen LogP contribution in [0.5, 0.6) is 11.5 Å². The van der Waals surface area contributed by atoms with Crippen LogP contribution in [0.2, 0.25) is 0 Å². The van der Waals surface area contributed by atoms with Crippen LogP contribution in [0.1, 0.15) is 79.7 Å². The lowest BCUT2D eigenvalue weighted by Gasteiger charge is -2.64. The lowest BCUT2D eigenvalue weighted by Crippen LogP contribution is -2.66. The molecule has 5 atom stereocenters. The first-order valence-electron chi connectivity index (χ1n) is 10.3. The van der Waals surface area contributed by atoms with Crippen LogP contribution in [0, 0.1) is 22.7 Å². The highest BCUT2D eigenvalue weighted by atomic mass is 16.5. The van der Waals surface area contributed by atoms with Crippen molar-refractivity contribution in [1.29, 1.82) is 0 Å². The number of hydrogen-bond acceptors (Lipinski definition) is 5. The topological polar surface area (TPSA) is 83.8 Å². The van der Waals surface area contributed by atoms with E-state index in [1.165, 1.54) is 6.07 Å². The monoisotopic (exact) mass is 386 g/mol. The molecule has 152 valence electrons. The van der Waals surface area contributed by atoms with Gasteiger partial charge in [0.25, 0.3) is 0 Å². The number of aldehydes is 2. The maximum atomic E-state index is 11.8. The molecule has 1 aromatic carbocycles. The second-order valence-corrected chi connectivity index (χ2v) is 9.93. The zero-order valence-corrected chi connectivity index (χ0v) is 17.1. The number of carbonyl (C=O) groups excluding carboxylic acids is 2. The molecule has 2 aliphatic carbocycles. The van der Waals surface area contributed by atoms with E-state index in [0.29, 0.717) is 36.7 Å². The molecule has 0 amide bonds. The van der Waals surface area contributed by atoms with Crippen LogP contribution in [0.3, 0.4) is 0 Å². The van der Waals surface area contributed by atoms with Crippen molar-refractivity contribution < 1.29 is 24.5 Å². The summed E-state index contributed by atoms with van der Waals surface area (Å²) in [7, 11) is 0. The summed E-state index contributed by atoms with van der Waals surface area (Å²) in [4.78, 5) is 23.2. The second-order valence-electron chi connectivity index (χ2n) is 9.93. The zero-order chi connectivity index (χ0) is 20.5. The number of rotatable bonds is 2. The molecule has 1 spiro atoms. The average Bonchev–Trinajstić information content (AvgIpc) is 3.06. The number of phenols is 1. The van der Waals surface area contributed by atoms with Crippen LogP contribution in [-0.4, -0.2) is 34.5 Å². The lowest BCUT2D eigenvalue weighted by atomic mass is 9.43. The van der Waals surface area contributed by atoms with Crippen LogP contribution in [-0.2, 0) is 6.42 Å². The van der Waals surface area contributed by atoms with E-state index in [2.05, 4.69) is 27.7 Å². The van der Waals surface area contributed by atoms with Gasteiger partial charge in [-0.05, 0) is 49.0 Å². The van der Waals surface area contributed by atoms with Crippen molar-refractivity contribution >= 4 is 12.6 Å². The molecule has 1 aromatic rings. The molecule has 1 heterocycles. The maximum Gasteiger partial charge on any atom is 0.154 e. The zero-order valence-electron chi connectivity index (χ0n) is 17.1. The summed E-state index contributed by atoms with van der Waals surface area (Å²) in [5.41, 5.74) is 0.0139. The molecule has 0 radical (unpaired) electrons. The third-order valence-electron chi connectivity index (χ3n) is 8.51. The van der Waals surface area contributed by atoms with E-state index in [0.717, 1.165) is 19.3 Å². The van der Waals surface area contributed by atoms with E-state index < -0.39 is 5.60 Å². The van der Waals surface area contributed by atoms with Crippen molar-refractivity contribution in [3.05, 3.63) is 22.8 Å². The number of aliphatic hydroxyl groups excluding tert-OH is 1. The van der Waals surface area contributed by atoms with Gasteiger partial charge in [0.2, 0.25) is 0 Å². The first-order chi connectivity index (χ1) is 13.1. The normalized spacial score (nSPS) is 38.4. The highest BCUT2D eigenvalue weighted by Crippen LogP contribution is 2.66. The molecule has 2 fully saturated rings. The molecule has 5 nitrogen and oxygen atoms in total. The van der Waals surface area contributed by atoms with Gasteiger partial charge in [-0.3, -0.25) is 9.59 Å². The molecule has 1 aliphatic heterocycles. The Bertz CT molecular complexity index is 844. The van der Waals surface area contributed by atoms with Crippen molar-refractivity contribution in [2.75, 3.05) is 0 Å². The van der Waals surface area contributed by atoms with Gasteiger partial charge in [0.05, 0.1) is 11.7 Å². The maximum absolute atomic E-state index is 11.8. The Hall–Kier alpha value is -1.88. The highest BCUT2D eigenvalue weighted by molar-refractivity contribution is 5.95. The van der Waals surface area contributed by atoms with Gasteiger partial charge in [-0.25, -0.2) is 0 Å². The standard InChI is InChI=1S/C23H30O5/c1-13-5-6-18-21(2,3)19(27)7-8-22(18,4)23(13)10-15-17(26)9-14(11-24)16(12-25)20(15)28-23/h9,11-13,18-19,26-27H,5-8,10H2,1-4H3/t13-,18?,19-,22+,23-/m1/s1. The molecule has 1 unspecified atom stereocenters. The Balaban J connectivity index is 1.88. The summed E-state index contributed by atoms with van der Waals surface area (Å²) >= 11 is 0. The predicted octanol–water partition coefficient (Wildman–Crippen LogP) is 3.92. The molecule has 4 rings (SSSR count). The molecule has 5 heteroatoms. The molecule has 28 heavy (non-hydrogen) atoms. The van der Waals surface area contributed by atoms with Gasteiger partial charge < -0.3 is 14.9 Å². The summed E-state index contributed by atoms with van der Waals surface area (Å²) in [6.07, 6.45) is 4.95. The fourth-order valence-corrected chi connectivity index (χ4v) is 6.75. The van der Waals surface area contributed by atoms with Crippen LogP contribution in [0.4, 0.5) is 0 Å². The average molecular weight is 386 g/mol. The van der Waals surface area contributed by atoms with Gasteiger partial charge in [0.1, 0.15) is 17.1 Å². The van der Waals surface area contributed by atoms with Gasteiger partial charge in [0, 0.05) is 23.0 Å². The summed E-state index contributed by atoms with van der Waals surface area (Å²) < 4.78 is 6.66. The summed E-state index contributed by atoms with van der Waals surface area (Å²) in [6, 6.07) is 1.37. The van der Waals surface area contributed by atoms with Crippen molar-refractivity contribution in [2.24, 2.45) is 22.7 Å². The fraction of sp³-hybridized carbons (Fsp3) is 0.652. The summed E-state index contributed by atoms with van der Waals surface area (Å²) in [5.74, 6) is 0.884. The highest BCUT2D eigenvalue weighted by Gasteiger charge is 2.67. The Labute approximate surface area is 166 Å². The Morgan fingerprint density at radius 3 is 2.50 bits per heavy atom. The summed E-state index contributed by atoms with van der Waals surface area (Å²) in [6.45, 7) is 8.73. The number of aliphatic hydroxyl groups is 1. The second kappa shape index (κ2) is 6.06. The Morgan fingerprint density at radius 1 is 1.14 bits per heavy atom. The van der Waals surface area contributed by atoms with E-state index in [4.69, 9.17) is 4.74 Å². The molecular formula is C23H30O5. The minimum absolute atomic E-state index is 0.0209. The molecule has 2 saturated carbocycles. The third kappa shape index (κ3) is 2.23. The largest absolute Gasteiger partial charge is 0.508 e. The molecular weight excluding hydrogens is 356 g/mol. The van der Waals surface area contributed by atoms with Crippen LogP contribution >= 0.6 is 0 Å². The van der Waals surface area contributed by atoms with Gasteiger partial charge in [-0.1, -0.05) is 27.7 Å². The number of carbonyl (C=O) groups is 2. The van der Waals surface area contributed by atoms with E-state index in [9.17, 15) is 19.8 Å². The molecule has 0 aromatic heterocycles. The lowest BCUT2D eigenvalue weighted by molar-refractivity contribution is -0.210. The quantitative estimate of drug-likeness (QED) is 0.753. The van der Waals surface area contributed by atoms with Gasteiger partial charge in [-0.2, -0.15) is 0 Å². The SMILES string of the molecule is C[C@@H]1CCC2C(C)(C)[C@H](O)CC[C@]2(C)[C@@]12Cc1c(O)cc(C=O)c(C=O)c1O2. The number of fused-ring (bicyclic) bond motifs is 3. The smallest absolute Gasteiger partial charge is 0.154 e. The van der Waals surface area contributed by atoms with E-state index >= 15 is 0 Å². The van der Waals surface area contributed by atoms with Crippen molar-refractivity contribution in [3.63, 3.8) is 0 Å². The third-order valence-corrected chi connectivity index (χ3v) is 8.51. The number of ether oxygens (including phenoxy) is 1. The number of aromatic hydroxyl groups is 1. The van der Waals surface area contributed by atoms with Crippen molar-refractivity contribution in [1.82, 2.24) is 0 Å². The Kier molecular flexibility index (Phi) is 4.20. The Morgan fingerprint density at radius 2 is 1.86 bits per heavy atom. The molecule has 2 N–H and O–H groups in total. The molecule has 3 aliphatic rings. The van der Waals surface area contributed by atoms with Gasteiger partial charge in [-0.15, -0.1) is 0 Å². The van der Waals surface area contributed by atoms with Crippen LogP contribution in [0.25, 0.3) is 0 Å². The fourth-order valence-electron chi connectivity index (χ4n) is 6.75. The predicted molar refractivity (Wildman–Crippen MR) is 105 cm³/mol. The van der Waals surface area contributed by atoms with E-state index in [1.807, 2.05) is 0 Å². The van der Waals surface area contributed by atoms with Crippen molar-refractivity contribution in [3.8, 4) is 11.5 Å². The van der Waals surface area contributed by atoms with Crippen LogP contribution < -0.4 is 4.74 Å². The van der Waals surface area contributed by atoms with Crippen LogP contribution in [0.15, 0.2) is 6.07 Å².